The smallest absolute Gasteiger partial charge is 0.240 e. The summed E-state index contributed by atoms with van der Waals surface area (Å²) >= 11 is 9.28. The van der Waals surface area contributed by atoms with Crippen LogP contribution in [0.5, 0.6) is 11.5 Å². The van der Waals surface area contributed by atoms with E-state index < -0.39 is 0 Å². The maximum absolute atomic E-state index is 12.0. The largest absolute Gasteiger partial charge is 0.496 e. The van der Waals surface area contributed by atoms with Crippen LogP contribution in [0, 0.1) is 6.92 Å². The van der Waals surface area contributed by atoms with Gasteiger partial charge in [-0.05, 0) is 52.7 Å². The minimum Gasteiger partial charge on any atom is -0.496 e. The first-order valence-corrected chi connectivity index (χ1v) is 9.80. The molecule has 154 valence electrons. The van der Waals surface area contributed by atoms with Gasteiger partial charge in [-0.15, -0.1) is 0 Å². The van der Waals surface area contributed by atoms with Gasteiger partial charge in [0.15, 0.2) is 0 Å². The third-order valence-corrected chi connectivity index (χ3v) is 4.79. The number of ether oxygens (including phenoxy) is 2. The fourth-order valence-electron chi connectivity index (χ4n) is 2.42. The van der Waals surface area contributed by atoms with Crippen LogP contribution in [-0.2, 0) is 9.59 Å². The van der Waals surface area contributed by atoms with Crippen LogP contribution in [0.4, 0.5) is 5.69 Å². The molecular formula is C20H21BrClN3O4. The van der Waals surface area contributed by atoms with Crippen molar-refractivity contribution in [2.45, 2.75) is 19.8 Å². The molecule has 2 rings (SSSR count). The van der Waals surface area contributed by atoms with Crippen LogP contribution in [0.25, 0.3) is 0 Å². The number of hydrazone groups is 1. The predicted molar refractivity (Wildman–Crippen MR) is 117 cm³/mol. The fourth-order valence-corrected chi connectivity index (χ4v) is 3.17. The number of methoxy groups -OCH3 is 2. The summed E-state index contributed by atoms with van der Waals surface area (Å²) in [6, 6.07) is 8.63. The average Bonchev–Trinajstić information content (AvgIpc) is 2.68. The first kappa shape index (κ1) is 22.7. The standard InChI is InChI=1S/C20H21BrClN3O4/c1-12-8-14(22)4-5-16(12)24-19(26)6-7-20(27)25-23-11-13-9-15(21)18(29-3)10-17(13)28-2/h4-5,8-11H,6-7H2,1-3H3,(H,24,26)(H,25,27)/b23-11+. The van der Waals surface area contributed by atoms with Gasteiger partial charge in [0.2, 0.25) is 11.8 Å². The number of nitrogens with one attached hydrogen (secondary N) is 2. The lowest BCUT2D eigenvalue weighted by Gasteiger charge is -2.09. The first-order valence-electron chi connectivity index (χ1n) is 8.63. The van der Waals surface area contributed by atoms with E-state index >= 15 is 0 Å². The molecule has 0 fully saturated rings. The monoisotopic (exact) mass is 481 g/mol. The van der Waals surface area contributed by atoms with Crippen molar-refractivity contribution in [3.63, 3.8) is 0 Å². The van der Waals surface area contributed by atoms with Gasteiger partial charge in [-0.1, -0.05) is 11.6 Å². The lowest BCUT2D eigenvalue weighted by Crippen LogP contribution is -2.21. The van der Waals surface area contributed by atoms with Crippen molar-refractivity contribution in [3.8, 4) is 11.5 Å². The highest BCUT2D eigenvalue weighted by Gasteiger charge is 2.10. The molecule has 0 spiro atoms. The second-order valence-electron chi connectivity index (χ2n) is 6.03. The number of aryl methyl sites for hydroxylation is 1. The Balaban J connectivity index is 1.86. The van der Waals surface area contributed by atoms with Gasteiger partial charge in [0.1, 0.15) is 11.5 Å². The molecule has 0 heterocycles. The minimum absolute atomic E-state index is 0.000741. The van der Waals surface area contributed by atoms with E-state index in [1.54, 1.807) is 37.4 Å². The molecule has 0 aliphatic heterocycles. The number of nitrogens with zero attached hydrogens (tertiary/aromatic N) is 1. The van der Waals surface area contributed by atoms with E-state index in [0.717, 1.165) is 10.0 Å². The molecule has 2 amide bonds. The Morgan fingerprint density at radius 2 is 1.79 bits per heavy atom. The summed E-state index contributed by atoms with van der Waals surface area (Å²) < 4.78 is 11.2. The lowest BCUT2D eigenvalue weighted by atomic mass is 10.2. The third kappa shape index (κ3) is 6.76. The zero-order chi connectivity index (χ0) is 21.4. The summed E-state index contributed by atoms with van der Waals surface area (Å²) in [7, 11) is 3.08. The molecule has 0 aliphatic carbocycles. The van der Waals surface area contributed by atoms with Gasteiger partial charge in [-0.2, -0.15) is 5.10 Å². The third-order valence-electron chi connectivity index (χ3n) is 3.94. The summed E-state index contributed by atoms with van der Waals surface area (Å²) in [5.41, 5.74) is 4.56. The van der Waals surface area contributed by atoms with Gasteiger partial charge in [0, 0.05) is 35.2 Å². The van der Waals surface area contributed by atoms with Crippen LogP contribution < -0.4 is 20.2 Å². The Hall–Kier alpha value is -2.58. The maximum Gasteiger partial charge on any atom is 0.240 e. The molecule has 0 atom stereocenters. The number of hydrogen-bond acceptors (Lipinski definition) is 5. The number of hydrogen-bond donors (Lipinski definition) is 2. The second kappa shape index (κ2) is 10.8. The van der Waals surface area contributed by atoms with Gasteiger partial charge >= 0.3 is 0 Å². The van der Waals surface area contributed by atoms with Gasteiger partial charge in [-0.25, -0.2) is 5.43 Å². The molecule has 0 saturated heterocycles. The normalized spacial score (nSPS) is 10.7. The Kier molecular flexibility index (Phi) is 8.48. The van der Waals surface area contributed by atoms with Crippen molar-refractivity contribution in [1.82, 2.24) is 5.43 Å². The molecule has 0 aliphatic rings. The maximum atomic E-state index is 12.0. The van der Waals surface area contributed by atoms with Crippen molar-refractivity contribution in [2.75, 3.05) is 19.5 Å². The number of rotatable bonds is 8. The summed E-state index contributed by atoms with van der Waals surface area (Å²) in [4.78, 5) is 24.0. The molecule has 0 bridgehead atoms. The number of amides is 2. The van der Waals surface area contributed by atoms with Crippen molar-refractivity contribution in [1.29, 1.82) is 0 Å². The molecule has 0 aromatic heterocycles. The Morgan fingerprint density at radius 3 is 2.45 bits per heavy atom. The lowest BCUT2D eigenvalue weighted by molar-refractivity contribution is -0.124. The van der Waals surface area contributed by atoms with E-state index in [2.05, 4.69) is 31.8 Å². The van der Waals surface area contributed by atoms with Crippen LogP contribution >= 0.6 is 27.5 Å². The molecule has 0 radical (unpaired) electrons. The highest BCUT2D eigenvalue weighted by Crippen LogP contribution is 2.31. The summed E-state index contributed by atoms with van der Waals surface area (Å²) in [6.07, 6.45) is 1.48. The quantitative estimate of drug-likeness (QED) is 0.434. The highest BCUT2D eigenvalue weighted by molar-refractivity contribution is 9.10. The van der Waals surface area contributed by atoms with Crippen molar-refractivity contribution in [3.05, 3.63) is 51.0 Å². The minimum atomic E-state index is -0.379. The molecular weight excluding hydrogens is 462 g/mol. The van der Waals surface area contributed by atoms with Crippen LogP contribution in [0.3, 0.4) is 0 Å². The van der Waals surface area contributed by atoms with E-state index in [9.17, 15) is 9.59 Å². The summed E-state index contributed by atoms with van der Waals surface area (Å²) in [6.45, 7) is 1.84. The number of benzene rings is 2. The Labute approximate surface area is 182 Å². The van der Waals surface area contributed by atoms with E-state index in [1.807, 2.05) is 6.92 Å². The molecule has 9 heteroatoms. The molecule has 2 aromatic carbocycles. The zero-order valence-corrected chi connectivity index (χ0v) is 18.6. The van der Waals surface area contributed by atoms with E-state index in [4.69, 9.17) is 21.1 Å². The van der Waals surface area contributed by atoms with Crippen LogP contribution in [0.15, 0.2) is 39.9 Å². The highest BCUT2D eigenvalue weighted by atomic mass is 79.9. The molecule has 0 saturated carbocycles. The fraction of sp³-hybridized carbons (Fsp3) is 0.250. The summed E-state index contributed by atoms with van der Waals surface area (Å²) in [5, 5.41) is 7.27. The van der Waals surface area contributed by atoms with Gasteiger partial charge in [-0.3, -0.25) is 9.59 Å². The van der Waals surface area contributed by atoms with Gasteiger partial charge in [0.05, 0.1) is 24.9 Å². The zero-order valence-electron chi connectivity index (χ0n) is 16.2. The average molecular weight is 483 g/mol. The van der Waals surface area contributed by atoms with Crippen molar-refractivity contribution >= 4 is 51.2 Å². The predicted octanol–water partition coefficient (Wildman–Crippen LogP) is 4.30. The van der Waals surface area contributed by atoms with Crippen LogP contribution in [-0.4, -0.2) is 32.2 Å². The summed E-state index contributed by atoms with van der Waals surface area (Å²) in [5.74, 6) is 0.511. The Morgan fingerprint density at radius 1 is 1.10 bits per heavy atom. The molecule has 0 unspecified atom stereocenters. The van der Waals surface area contributed by atoms with Crippen molar-refractivity contribution in [2.24, 2.45) is 5.10 Å². The molecule has 2 N–H and O–H groups in total. The van der Waals surface area contributed by atoms with Crippen molar-refractivity contribution < 1.29 is 19.1 Å². The number of anilines is 1. The number of halogens is 2. The number of carbonyl (C=O) groups excluding carboxylic acids is 2. The molecule has 7 nitrogen and oxygen atoms in total. The second-order valence-corrected chi connectivity index (χ2v) is 7.32. The van der Waals surface area contributed by atoms with Gasteiger partial charge in [0.25, 0.3) is 0 Å². The Bertz CT molecular complexity index is 934. The van der Waals surface area contributed by atoms with Gasteiger partial charge < -0.3 is 14.8 Å². The van der Waals surface area contributed by atoms with Crippen LogP contribution in [0.2, 0.25) is 5.02 Å². The van der Waals surface area contributed by atoms with E-state index in [1.165, 1.54) is 13.3 Å². The van der Waals surface area contributed by atoms with E-state index in [0.29, 0.717) is 27.8 Å². The van der Waals surface area contributed by atoms with E-state index in [-0.39, 0.29) is 24.7 Å². The first-order chi connectivity index (χ1) is 13.8. The topological polar surface area (TPSA) is 89.0 Å². The molecule has 2 aromatic rings. The number of carbonyl (C=O) groups is 2. The molecule has 29 heavy (non-hydrogen) atoms. The van der Waals surface area contributed by atoms with Crippen LogP contribution in [0.1, 0.15) is 24.0 Å². The SMILES string of the molecule is COc1cc(OC)c(/C=N/NC(=O)CCC(=O)Nc2ccc(Cl)cc2C)cc1Br.